The minimum absolute atomic E-state index is 0.0373. The minimum atomic E-state index is -2.77. The van der Waals surface area contributed by atoms with Crippen LogP contribution in [0.1, 0.15) is 67.7 Å². The van der Waals surface area contributed by atoms with Crippen molar-refractivity contribution in [3.63, 3.8) is 0 Å². The van der Waals surface area contributed by atoms with Gasteiger partial charge in [0.2, 0.25) is 5.91 Å². The van der Waals surface area contributed by atoms with Crippen LogP contribution in [0.5, 0.6) is 5.75 Å². The number of hydrogen-bond acceptors (Lipinski definition) is 8. The van der Waals surface area contributed by atoms with Crippen molar-refractivity contribution in [3.8, 4) is 5.75 Å². The van der Waals surface area contributed by atoms with Crippen molar-refractivity contribution in [2.24, 2.45) is 12.9 Å². The second kappa shape index (κ2) is 14.4. The Morgan fingerprint density at radius 2 is 1.53 bits per heavy atom. The normalized spacial score (nSPS) is 21.5. The molecule has 3 aromatic rings. The number of carbonyl (C=O) groups excluding carboxylic acids is 3. The number of amides is 3. The largest absolute Gasteiger partial charge is 0.497 e. The lowest BCUT2D eigenvalue weighted by molar-refractivity contribution is -0.151. The van der Waals surface area contributed by atoms with Crippen molar-refractivity contribution in [1.82, 2.24) is 28.7 Å². The van der Waals surface area contributed by atoms with E-state index in [2.05, 4.69) is 9.80 Å². The molecular formula is C37H50N6O6. The Morgan fingerprint density at radius 1 is 0.857 bits per heavy atom. The first-order chi connectivity index (χ1) is 24.6. The van der Waals surface area contributed by atoms with Gasteiger partial charge < -0.3 is 19.3 Å². The molecule has 0 saturated carbocycles. The molecule has 0 spiro atoms. The van der Waals surface area contributed by atoms with Crippen molar-refractivity contribution in [1.29, 1.82) is 0 Å². The zero-order chi connectivity index (χ0) is 37.4. The van der Waals surface area contributed by atoms with Crippen LogP contribution in [-0.2, 0) is 34.4 Å². The molecule has 6 rings (SSSR count). The molecule has 0 aliphatic carbocycles. The number of hydrogen-bond donors (Lipinski definition) is 0. The Labute approximate surface area is 292 Å². The summed E-state index contributed by atoms with van der Waals surface area (Å²) in [5.74, 6) is 0.302. The van der Waals surface area contributed by atoms with E-state index in [0.717, 1.165) is 66.2 Å². The number of piperazine rings is 1. The van der Waals surface area contributed by atoms with Crippen molar-refractivity contribution in [2.45, 2.75) is 71.2 Å². The maximum Gasteiger partial charge on any atom is 0.410 e. The molecule has 12 heteroatoms. The Kier molecular flexibility index (Phi) is 9.05. The van der Waals surface area contributed by atoms with E-state index < -0.39 is 30.2 Å². The third kappa shape index (κ3) is 7.86. The highest BCUT2D eigenvalue weighted by Crippen LogP contribution is 2.29. The van der Waals surface area contributed by atoms with Gasteiger partial charge in [-0.2, -0.15) is 0 Å². The summed E-state index contributed by atoms with van der Waals surface area (Å²) >= 11 is 0. The molecule has 1 aromatic heterocycles. The fourth-order valence-electron chi connectivity index (χ4n) is 7.18. The highest BCUT2D eigenvalue weighted by molar-refractivity contribution is 6.00. The Balaban J connectivity index is 1.11. The first-order valence-electron chi connectivity index (χ1n) is 18.8. The smallest absolute Gasteiger partial charge is 0.410 e. The van der Waals surface area contributed by atoms with Gasteiger partial charge in [-0.15, -0.1) is 0 Å². The molecule has 3 aliphatic heterocycles. The number of likely N-dealkylation sites (tertiary alicyclic amines) is 2. The van der Waals surface area contributed by atoms with Crippen LogP contribution in [0.4, 0.5) is 4.79 Å². The van der Waals surface area contributed by atoms with Crippen LogP contribution in [-0.4, -0.2) is 105 Å². The maximum atomic E-state index is 13.9. The zero-order valence-electron chi connectivity index (χ0n) is 32.0. The third-order valence-electron chi connectivity index (χ3n) is 9.89. The van der Waals surface area contributed by atoms with Gasteiger partial charge in [-0.1, -0.05) is 18.2 Å². The minimum Gasteiger partial charge on any atom is -0.497 e. The number of aryl methyl sites for hydroxylation is 1. The number of methoxy groups -OCH3 is 1. The molecule has 0 bridgehead atoms. The lowest BCUT2D eigenvalue weighted by atomic mass is 9.96. The molecule has 4 heterocycles. The van der Waals surface area contributed by atoms with Gasteiger partial charge in [0, 0.05) is 69.9 Å². The molecule has 0 N–H and O–H groups in total. The fourth-order valence-corrected chi connectivity index (χ4v) is 7.18. The monoisotopic (exact) mass is 677 g/mol. The standard InChI is InChI=1S/C37H50N6O6/c1-37(2,3)49-36(47)41-16-14-27(15-17-41)23-39-18-20-40(21-19-39)24-28-8-11-30-32(22-28)38(4)35(46)43(30)31-12-13-33(44)42(34(31)45)25-26-6-9-29(48-5)10-7-26/h6-11,22,27,31H,12-21,23-25H2,1-5H3/i4D3. The number of piperidine rings is 2. The van der Waals surface area contributed by atoms with E-state index in [9.17, 15) is 19.2 Å². The molecule has 1 unspecified atom stereocenters. The number of fused-ring (bicyclic) bond motifs is 1. The van der Waals surface area contributed by atoms with Gasteiger partial charge >= 0.3 is 11.8 Å². The summed E-state index contributed by atoms with van der Waals surface area (Å²) in [6.45, 7) is 9.40. The first-order valence-corrected chi connectivity index (χ1v) is 17.3. The topological polar surface area (TPSA) is 110 Å². The number of imidazole rings is 1. The van der Waals surface area contributed by atoms with Gasteiger partial charge in [-0.3, -0.25) is 28.5 Å². The lowest BCUT2D eigenvalue weighted by Crippen LogP contribution is -2.49. The molecule has 3 aliphatic rings. The highest BCUT2D eigenvalue weighted by atomic mass is 16.6. The predicted molar refractivity (Wildman–Crippen MR) is 186 cm³/mol. The Bertz CT molecular complexity index is 1830. The van der Waals surface area contributed by atoms with Crippen molar-refractivity contribution < 1.29 is 28.0 Å². The summed E-state index contributed by atoms with van der Waals surface area (Å²) < 4.78 is 37.5. The summed E-state index contributed by atoms with van der Waals surface area (Å²) in [5, 5.41) is 0. The number of nitrogens with zero attached hydrogens (tertiary/aromatic N) is 6. The van der Waals surface area contributed by atoms with Crippen LogP contribution in [0, 0.1) is 5.92 Å². The number of ether oxygens (including phenoxy) is 2. The molecular weight excluding hydrogens is 624 g/mol. The SMILES string of the molecule is [2H]C([2H])([2H])n1c(=O)n(C2CCC(=O)N(Cc3ccc(OC)cc3)C2=O)c2ccc(CN3CCN(CC4CCN(C(=O)OC(C)(C)C)CC4)CC3)cc21. The van der Waals surface area contributed by atoms with Gasteiger partial charge in [0.15, 0.2) is 0 Å². The number of carbonyl (C=O) groups is 3. The summed E-state index contributed by atoms with van der Waals surface area (Å²) in [4.78, 5) is 60.8. The maximum absolute atomic E-state index is 13.9. The fraction of sp³-hybridized carbons (Fsp3) is 0.568. The van der Waals surface area contributed by atoms with Gasteiger partial charge in [0.05, 0.1) is 24.7 Å². The van der Waals surface area contributed by atoms with E-state index in [1.807, 2.05) is 31.7 Å². The molecule has 49 heavy (non-hydrogen) atoms. The Morgan fingerprint density at radius 3 is 2.18 bits per heavy atom. The van der Waals surface area contributed by atoms with E-state index in [4.69, 9.17) is 13.6 Å². The van der Waals surface area contributed by atoms with E-state index in [-0.39, 0.29) is 36.9 Å². The van der Waals surface area contributed by atoms with E-state index in [1.54, 1.807) is 43.5 Å². The van der Waals surface area contributed by atoms with E-state index in [0.29, 0.717) is 36.8 Å². The molecule has 1 atom stereocenters. The highest BCUT2D eigenvalue weighted by Gasteiger charge is 2.37. The van der Waals surface area contributed by atoms with Crippen LogP contribution in [0.25, 0.3) is 11.0 Å². The second-order valence-electron chi connectivity index (χ2n) is 14.5. The molecule has 0 radical (unpaired) electrons. The van der Waals surface area contributed by atoms with Gasteiger partial charge in [0.25, 0.3) is 5.91 Å². The van der Waals surface area contributed by atoms with E-state index in [1.165, 1.54) is 4.57 Å². The lowest BCUT2D eigenvalue weighted by Gasteiger charge is -2.39. The van der Waals surface area contributed by atoms with Gasteiger partial charge in [-0.25, -0.2) is 9.59 Å². The molecule has 2 aromatic carbocycles. The van der Waals surface area contributed by atoms with Crippen molar-refractivity contribution >= 4 is 28.9 Å². The van der Waals surface area contributed by atoms with Crippen molar-refractivity contribution in [3.05, 3.63) is 64.1 Å². The Hall–Kier alpha value is -4.16. The number of imide groups is 1. The van der Waals surface area contributed by atoms with Gasteiger partial charge in [0.1, 0.15) is 17.4 Å². The van der Waals surface area contributed by atoms with E-state index >= 15 is 0 Å². The van der Waals surface area contributed by atoms with Crippen LogP contribution in [0.3, 0.4) is 0 Å². The molecule has 264 valence electrons. The molecule has 12 nitrogen and oxygen atoms in total. The summed E-state index contributed by atoms with van der Waals surface area (Å²) in [5.41, 5.74) is 0.896. The number of aromatic nitrogens is 2. The summed E-state index contributed by atoms with van der Waals surface area (Å²) in [6, 6.07) is 11.4. The third-order valence-corrected chi connectivity index (χ3v) is 9.89. The average molecular weight is 678 g/mol. The molecule has 3 saturated heterocycles. The van der Waals surface area contributed by atoms with Crippen LogP contribution in [0.2, 0.25) is 0 Å². The summed E-state index contributed by atoms with van der Waals surface area (Å²) in [6.07, 6.45) is 1.82. The summed E-state index contributed by atoms with van der Waals surface area (Å²) in [7, 11) is 1.55. The second-order valence-corrected chi connectivity index (χ2v) is 14.5. The van der Waals surface area contributed by atoms with Crippen LogP contribution < -0.4 is 10.4 Å². The quantitative estimate of drug-likeness (QED) is 0.330. The average Bonchev–Trinajstić information content (AvgIpc) is 3.38. The zero-order valence-corrected chi connectivity index (χ0v) is 29.0. The number of benzene rings is 2. The molecule has 3 fully saturated rings. The first kappa shape index (κ1) is 30.9. The molecule has 3 amide bonds. The number of rotatable bonds is 8. The predicted octanol–water partition coefficient (Wildman–Crippen LogP) is 4.00. The van der Waals surface area contributed by atoms with Crippen molar-refractivity contribution in [2.75, 3.05) is 52.9 Å². The van der Waals surface area contributed by atoms with Crippen LogP contribution in [0.15, 0.2) is 47.3 Å². The van der Waals surface area contributed by atoms with Crippen LogP contribution >= 0.6 is 0 Å². The van der Waals surface area contributed by atoms with Gasteiger partial charge in [-0.05, 0) is 81.3 Å².